The Hall–Kier alpha value is -1.86. The van der Waals surface area contributed by atoms with E-state index in [9.17, 15) is 0 Å². The van der Waals surface area contributed by atoms with Gasteiger partial charge in [-0.25, -0.2) is 4.98 Å². The van der Waals surface area contributed by atoms with Crippen molar-refractivity contribution in [3.8, 4) is 11.3 Å². The minimum atomic E-state index is 0.749. The molecule has 2 aromatic carbocycles. The van der Waals surface area contributed by atoms with Crippen LogP contribution >= 0.6 is 11.6 Å². The summed E-state index contributed by atoms with van der Waals surface area (Å²) in [7, 11) is 0. The Morgan fingerprint density at radius 3 is 2.47 bits per heavy atom. The molecule has 0 unspecified atom stereocenters. The van der Waals surface area contributed by atoms with Crippen LogP contribution in [0.2, 0.25) is 5.02 Å². The molecule has 0 N–H and O–H groups in total. The first-order valence-electron chi connectivity index (χ1n) is 6.28. The Bertz CT molecular complexity index is 762. The van der Waals surface area contributed by atoms with E-state index in [0.717, 1.165) is 27.2 Å². The van der Waals surface area contributed by atoms with E-state index in [1.54, 1.807) is 0 Å². The number of rotatable bonds is 1. The summed E-state index contributed by atoms with van der Waals surface area (Å²) in [5, 5.41) is 1.75. The molecule has 94 valence electrons. The highest BCUT2D eigenvalue weighted by Crippen LogP contribution is 2.28. The molecule has 0 saturated carbocycles. The highest BCUT2D eigenvalue weighted by atomic mass is 35.5. The maximum Gasteiger partial charge on any atom is 0.0724 e. The minimum absolute atomic E-state index is 0.749. The monoisotopic (exact) mass is 267 g/mol. The van der Waals surface area contributed by atoms with Crippen molar-refractivity contribution in [2.75, 3.05) is 0 Å². The normalized spacial score (nSPS) is 10.9. The second-order valence-electron chi connectivity index (χ2n) is 4.81. The fourth-order valence-corrected chi connectivity index (χ4v) is 2.44. The first-order chi connectivity index (χ1) is 9.15. The number of aryl methyl sites for hydroxylation is 2. The molecule has 0 radical (unpaired) electrons. The molecule has 0 fully saturated rings. The Balaban J connectivity index is 2.22. The molecule has 0 atom stereocenters. The summed E-state index contributed by atoms with van der Waals surface area (Å²) in [5.41, 5.74) is 5.52. The average molecular weight is 268 g/mol. The van der Waals surface area contributed by atoms with Crippen molar-refractivity contribution in [2.24, 2.45) is 0 Å². The maximum absolute atomic E-state index is 6.34. The highest BCUT2D eigenvalue weighted by Gasteiger charge is 2.06. The molecule has 0 saturated heterocycles. The minimum Gasteiger partial charge on any atom is -0.248 e. The van der Waals surface area contributed by atoms with Crippen LogP contribution in [0.4, 0.5) is 0 Å². The van der Waals surface area contributed by atoms with Gasteiger partial charge in [0.15, 0.2) is 0 Å². The van der Waals surface area contributed by atoms with Crippen LogP contribution < -0.4 is 0 Å². The average Bonchev–Trinajstić information content (AvgIpc) is 2.42. The van der Waals surface area contributed by atoms with Gasteiger partial charge in [0.05, 0.1) is 16.2 Å². The van der Waals surface area contributed by atoms with Crippen LogP contribution in [0.15, 0.2) is 48.5 Å². The van der Waals surface area contributed by atoms with Crippen LogP contribution in [0.25, 0.3) is 22.2 Å². The molecule has 0 spiro atoms. The van der Waals surface area contributed by atoms with Gasteiger partial charge in [-0.1, -0.05) is 41.9 Å². The molecule has 3 rings (SSSR count). The van der Waals surface area contributed by atoms with Gasteiger partial charge in [0, 0.05) is 10.9 Å². The molecule has 0 bridgehead atoms. The molecule has 0 aliphatic rings. The molecular formula is C17H14ClN. The van der Waals surface area contributed by atoms with E-state index in [1.807, 2.05) is 30.3 Å². The second-order valence-corrected chi connectivity index (χ2v) is 5.21. The summed E-state index contributed by atoms with van der Waals surface area (Å²) in [4.78, 5) is 4.69. The summed E-state index contributed by atoms with van der Waals surface area (Å²) in [6.07, 6.45) is 0. The van der Waals surface area contributed by atoms with Crippen LogP contribution in [0.5, 0.6) is 0 Å². The molecule has 1 aromatic heterocycles. The van der Waals surface area contributed by atoms with E-state index in [1.165, 1.54) is 11.1 Å². The molecular weight excluding hydrogens is 254 g/mol. The number of pyridine rings is 1. The summed E-state index contributed by atoms with van der Waals surface area (Å²) in [6, 6.07) is 16.3. The van der Waals surface area contributed by atoms with Gasteiger partial charge in [-0.3, -0.25) is 0 Å². The van der Waals surface area contributed by atoms with E-state index in [0.29, 0.717) is 0 Å². The fraction of sp³-hybridized carbons (Fsp3) is 0.118. The van der Waals surface area contributed by atoms with Gasteiger partial charge in [0.2, 0.25) is 0 Å². The van der Waals surface area contributed by atoms with Crippen molar-refractivity contribution < 1.29 is 0 Å². The zero-order valence-corrected chi connectivity index (χ0v) is 11.7. The molecule has 1 heterocycles. The highest BCUT2D eigenvalue weighted by molar-refractivity contribution is 6.35. The lowest BCUT2D eigenvalue weighted by Crippen LogP contribution is -1.88. The lowest BCUT2D eigenvalue weighted by atomic mass is 10.0. The van der Waals surface area contributed by atoms with Gasteiger partial charge in [-0.2, -0.15) is 0 Å². The van der Waals surface area contributed by atoms with Gasteiger partial charge in [-0.05, 0) is 43.2 Å². The van der Waals surface area contributed by atoms with E-state index in [4.69, 9.17) is 16.6 Å². The number of hydrogen-bond donors (Lipinski definition) is 0. The first-order valence-corrected chi connectivity index (χ1v) is 6.66. The lowest BCUT2D eigenvalue weighted by Gasteiger charge is -2.07. The molecule has 0 aliphatic carbocycles. The summed E-state index contributed by atoms with van der Waals surface area (Å²) in [5.74, 6) is 0. The SMILES string of the molecule is Cc1ccc(-c2cc(Cl)c3ccccc3n2)cc1C. The van der Waals surface area contributed by atoms with Crippen molar-refractivity contribution in [3.63, 3.8) is 0 Å². The van der Waals surface area contributed by atoms with Crippen molar-refractivity contribution >= 4 is 22.5 Å². The second kappa shape index (κ2) is 4.67. The third-order valence-electron chi connectivity index (χ3n) is 3.47. The number of hydrogen-bond acceptors (Lipinski definition) is 1. The predicted octanol–water partition coefficient (Wildman–Crippen LogP) is 5.17. The summed E-state index contributed by atoms with van der Waals surface area (Å²) < 4.78 is 0. The maximum atomic E-state index is 6.34. The third-order valence-corrected chi connectivity index (χ3v) is 3.78. The van der Waals surface area contributed by atoms with E-state index in [-0.39, 0.29) is 0 Å². The van der Waals surface area contributed by atoms with Crippen molar-refractivity contribution in [1.29, 1.82) is 0 Å². The smallest absolute Gasteiger partial charge is 0.0724 e. The quantitative estimate of drug-likeness (QED) is 0.593. The van der Waals surface area contributed by atoms with Crippen LogP contribution in [-0.2, 0) is 0 Å². The van der Waals surface area contributed by atoms with E-state index < -0.39 is 0 Å². The number of nitrogens with zero attached hydrogens (tertiary/aromatic N) is 1. The predicted molar refractivity (Wildman–Crippen MR) is 81.7 cm³/mol. The van der Waals surface area contributed by atoms with Gasteiger partial charge >= 0.3 is 0 Å². The lowest BCUT2D eigenvalue weighted by molar-refractivity contribution is 1.32. The fourth-order valence-electron chi connectivity index (χ4n) is 2.18. The Morgan fingerprint density at radius 1 is 0.895 bits per heavy atom. The van der Waals surface area contributed by atoms with E-state index in [2.05, 4.69) is 32.0 Å². The van der Waals surface area contributed by atoms with Gasteiger partial charge in [-0.15, -0.1) is 0 Å². The molecule has 19 heavy (non-hydrogen) atoms. The molecule has 3 aromatic rings. The Morgan fingerprint density at radius 2 is 1.68 bits per heavy atom. The topological polar surface area (TPSA) is 12.9 Å². The van der Waals surface area contributed by atoms with Gasteiger partial charge in [0.25, 0.3) is 0 Å². The number of para-hydroxylation sites is 1. The van der Waals surface area contributed by atoms with Crippen molar-refractivity contribution in [1.82, 2.24) is 4.98 Å². The summed E-state index contributed by atoms with van der Waals surface area (Å²) in [6.45, 7) is 4.22. The van der Waals surface area contributed by atoms with Crippen LogP contribution in [0.3, 0.4) is 0 Å². The summed E-state index contributed by atoms with van der Waals surface area (Å²) >= 11 is 6.34. The van der Waals surface area contributed by atoms with Crippen LogP contribution in [0, 0.1) is 13.8 Å². The number of fused-ring (bicyclic) bond motifs is 1. The number of aromatic nitrogens is 1. The third kappa shape index (κ3) is 2.22. The molecule has 2 heteroatoms. The van der Waals surface area contributed by atoms with Crippen LogP contribution in [-0.4, -0.2) is 4.98 Å². The van der Waals surface area contributed by atoms with E-state index >= 15 is 0 Å². The largest absolute Gasteiger partial charge is 0.248 e. The first kappa shape index (κ1) is 12.2. The molecule has 1 nitrogen and oxygen atoms in total. The Kier molecular flexibility index (Phi) is 3.00. The molecule has 0 aliphatic heterocycles. The Labute approximate surface area is 117 Å². The molecule has 0 amide bonds. The zero-order valence-electron chi connectivity index (χ0n) is 10.9. The zero-order chi connectivity index (χ0) is 13.4. The number of benzene rings is 2. The number of halogens is 1. The van der Waals surface area contributed by atoms with Gasteiger partial charge in [0.1, 0.15) is 0 Å². The van der Waals surface area contributed by atoms with Gasteiger partial charge < -0.3 is 0 Å². The van der Waals surface area contributed by atoms with Crippen molar-refractivity contribution in [3.05, 3.63) is 64.7 Å². The standard InChI is InChI=1S/C17H14ClN/c1-11-7-8-13(9-12(11)2)17-10-15(18)14-5-3-4-6-16(14)19-17/h3-10H,1-2H3. The van der Waals surface area contributed by atoms with Crippen molar-refractivity contribution in [2.45, 2.75) is 13.8 Å². The van der Waals surface area contributed by atoms with Crippen LogP contribution in [0.1, 0.15) is 11.1 Å².